The molecule has 3 heterocycles. The van der Waals surface area contributed by atoms with Gasteiger partial charge < -0.3 is 9.64 Å². The van der Waals surface area contributed by atoms with Crippen molar-refractivity contribution in [3.05, 3.63) is 22.4 Å². The minimum atomic E-state index is -0.447. The summed E-state index contributed by atoms with van der Waals surface area (Å²) in [6.45, 7) is 5.49. The van der Waals surface area contributed by atoms with E-state index in [2.05, 4.69) is 23.7 Å². The van der Waals surface area contributed by atoms with Gasteiger partial charge in [-0.05, 0) is 31.2 Å². The summed E-state index contributed by atoms with van der Waals surface area (Å²) >= 11 is 1.70. The SMILES string of the molecule is CCC1(C)NC(c2cccs2)N(C2CCOC2)C1=O. The average molecular weight is 280 g/mol. The predicted molar refractivity (Wildman–Crippen MR) is 75.0 cm³/mol. The van der Waals surface area contributed by atoms with Gasteiger partial charge in [0.25, 0.3) is 0 Å². The number of nitrogens with zero attached hydrogens (tertiary/aromatic N) is 1. The van der Waals surface area contributed by atoms with Crippen LogP contribution in [0.25, 0.3) is 0 Å². The van der Waals surface area contributed by atoms with Crippen LogP contribution in [0.3, 0.4) is 0 Å². The van der Waals surface area contributed by atoms with Crippen LogP contribution in [0.1, 0.15) is 37.7 Å². The first-order chi connectivity index (χ1) is 9.15. The molecule has 0 spiro atoms. The number of thiophene rings is 1. The number of hydrogen-bond donors (Lipinski definition) is 1. The Hall–Kier alpha value is -0.910. The van der Waals surface area contributed by atoms with Gasteiger partial charge in [0.15, 0.2) is 0 Å². The molecule has 104 valence electrons. The first kappa shape index (κ1) is 13.1. The summed E-state index contributed by atoms with van der Waals surface area (Å²) in [5, 5.41) is 5.59. The zero-order valence-electron chi connectivity index (χ0n) is 11.4. The van der Waals surface area contributed by atoms with Crippen molar-refractivity contribution in [3.63, 3.8) is 0 Å². The molecule has 2 saturated heterocycles. The van der Waals surface area contributed by atoms with E-state index >= 15 is 0 Å². The molecule has 2 aliphatic heterocycles. The summed E-state index contributed by atoms with van der Waals surface area (Å²) in [7, 11) is 0. The molecule has 3 atom stereocenters. The Morgan fingerprint density at radius 2 is 2.47 bits per heavy atom. The van der Waals surface area contributed by atoms with Crippen LogP contribution in [-0.4, -0.2) is 35.6 Å². The molecule has 4 nitrogen and oxygen atoms in total. The van der Waals surface area contributed by atoms with Gasteiger partial charge in [0.05, 0.1) is 18.2 Å². The summed E-state index contributed by atoms with van der Waals surface area (Å²) in [6, 6.07) is 4.34. The molecule has 3 unspecified atom stereocenters. The Labute approximate surface area is 117 Å². The Balaban J connectivity index is 1.94. The Bertz CT molecular complexity index is 456. The van der Waals surface area contributed by atoms with Gasteiger partial charge in [-0.1, -0.05) is 13.0 Å². The fraction of sp³-hybridized carbons (Fsp3) is 0.643. The average Bonchev–Trinajstić information content (AvgIpc) is 3.12. The standard InChI is InChI=1S/C14H20N2O2S/c1-3-14(2)13(17)16(10-6-7-18-9-10)12(15-14)11-5-4-8-19-11/h4-5,8,10,12,15H,3,6-7,9H2,1-2H3. The fourth-order valence-electron chi connectivity index (χ4n) is 2.86. The monoisotopic (exact) mass is 280 g/mol. The third-order valence-electron chi connectivity index (χ3n) is 4.26. The van der Waals surface area contributed by atoms with E-state index in [1.165, 1.54) is 4.88 Å². The highest BCUT2D eigenvalue weighted by atomic mass is 32.1. The van der Waals surface area contributed by atoms with E-state index in [0.29, 0.717) is 6.61 Å². The van der Waals surface area contributed by atoms with Gasteiger partial charge in [0.1, 0.15) is 6.17 Å². The molecule has 0 aromatic carbocycles. The third kappa shape index (κ3) is 2.10. The fourth-order valence-corrected chi connectivity index (χ4v) is 3.63. The molecule has 0 saturated carbocycles. The maximum absolute atomic E-state index is 12.8. The lowest BCUT2D eigenvalue weighted by molar-refractivity contribution is -0.135. The topological polar surface area (TPSA) is 41.6 Å². The predicted octanol–water partition coefficient (Wildman–Crippen LogP) is 2.14. The van der Waals surface area contributed by atoms with Gasteiger partial charge in [-0.3, -0.25) is 10.1 Å². The number of amides is 1. The second kappa shape index (κ2) is 4.89. The summed E-state index contributed by atoms with van der Waals surface area (Å²) in [5.41, 5.74) is -0.447. The van der Waals surface area contributed by atoms with Crippen LogP contribution in [0.5, 0.6) is 0 Å². The number of ether oxygens (including phenoxy) is 1. The van der Waals surface area contributed by atoms with E-state index in [1.54, 1.807) is 11.3 Å². The van der Waals surface area contributed by atoms with Gasteiger partial charge in [0, 0.05) is 11.5 Å². The van der Waals surface area contributed by atoms with Crippen molar-refractivity contribution in [2.75, 3.05) is 13.2 Å². The van der Waals surface area contributed by atoms with Gasteiger partial charge in [-0.2, -0.15) is 0 Å². The van der Waals surface area contributed by atoms with Crippen molar-refractivity contribution in [3.8, 4) is 0 Å². The zero-order valence-corrected chi connectivity index (χ0v) is 12.2. The largest absolute Gasteiger partial charge is 0.379 e. The molecule has 0 bridgehead atoms. The molecule has 19 heavy (non-hydrogen) atoms. The number of nitrogens with one attached hydrogen (secondary N) is 1. The molecule has 2 aliphatic rings. The number of hydrogen-bond acceptors (Lipinski definition) is 4. The van der Waals surface area contributed by atoms with Gasteiger partial charge in [-0.15, -0.1) is 11.3 Å². The van der Waals surface area contributed by atoms with E-state index in [1.807, 2.05) is 17.9 Å². The minimum Gasteiger partial charge on any atom is -0.379 e. The normalized spacial score (nSPS) is 35.3. The van der Waals surface area contributed by atoms with Crippen LogP contribution in [0.15, 0.2) is 17.5 Å². The van der Waals surface area contributed by atoms with E-state index in [9.17, 15) is 4.79 Å². The van der Waals surface area contributed by atoms with Gasteiger partial charge >= 0.3 is 0 Å². The molecular weight excluding hydrogens is 260 g/mol. The van der Waals surface area contributed by atoms with Crippen LogP contribution in [-0.2, 0) is 9.53 Å². The highest BCUT2D eigenvalue weighted by molar-refractivity contribution is 7.10. The molecule has 1 aromatic heterocycles. The van der Waals surface area contributed by atoms with Gasteiger partial charge in [0.2, 0.25) is 5.91 Å². The summed E-state index contributed by atoms with van der Waals surface area (Å²) in [4.78, 5) is 16.0. The Morgan fingerprint density at radius 1 is 1.63 bits per heavy atom. The van der Waals surface area contributed by atoms with Gasteiger partial charge in [-0.25, -0.2) is 0 Å². The first-order valence-corrected chi connectivity index (χ1v) is 7.75. The Kier molecular flexibility index (Phi) is 3.37. The maximum Gasteiger partial charge on any atom is 0.244 e. The van der Waals surface area contributed by atoms with E-state index in [0.717, 1.165) is 19.4 Å². The third-order valence-corrected chi connectivity index (χ3v) is 5.18. The van der Waals surface area contributed by atoms with E-state index in [-0.39, 0.29) is 18.1 Å². The highest BCUT2D eigenvalue weighted by Gasteiger charge is 2.50. The Morgan fingerprint density at radius 3 is 3.05 bits per heavy atom. The molecular formula is C14H20N2O2S. The highest BCUT2D eigenvalue weighted by Crippen LogP contribution is 2.37. The lowest BCUT2D eigenvalue weighted by Gasteiger charge is -2.28. The van der Waals surface area contributed by atoms with Crippen LogP contribution in [0.2, 0.25) is 0 Å². The second-order valence-corrected chi connectivity index (χ2v) is 6.46. The molecule has 1 amide bonds. The van der Waals surface area contributed by atoms with Crippen molar-refractivity contribution in [1.29, 1.82) is 0 Å². The van der Waals surface area contributed by atoms with Crippen molar-refractivity contribution < 1.29 is 9.53 Å². The first-order valence-electron chi connectivity index (χ1n) is 6.87. The summed E-state index contributed by atoms with van der Waals surface area (Å²) < 4.78 is 5.47. The number of carbonyl (C=O) groups is 1. The smallest absolute Gasteiger partial charge is 0.244 e. The lowest BCUT2D eigenvalue weighted by Crippen LogP contribution is -2.45. The van der Waals surface area contributed by atoms with Crippen molar-refractivity contribution >= 4 is 17.2 Å². The van der Waals surface area contributed by atoms with Crippen LogP contribution in [0, 0.1) is 0 Å². The number of rotatable bonds is 3. The van der Waals surface area contributed by atoms with Crippen LogP contribution >= 0.6 is 11.3 Å². The molecule has 5 heteroatoms. The molecule has 2 fully saturated rings. The second-order valence-electron chi connectivity index (χ2n) is 5.48. The summed E-state index contributed by atoms with van der Waals surface area (Å²) in [5.74, 6) is 0.212. The van der Waals surface area contributed by atoms with Crippen molar-refractivity contribution in [2.24, 2.45) is 0 Å². The van der Waals surface area contributed by atoms with Crippen molar-refractivity contribution in [1.82, 2.24) is 10.2 Å². The lowest BCUT2D eigenvalue weighted by atomic mass is 9.99. The molecule has 1 aromatic rings. The zero-order chi connectivity index (χ0) is 13.5. The van der Waals surface area contributed by atoms with E-state index < -0.39 is 5.54 Å². The number of carbonyl (C=O) groups excluding carboxylic acids is 1. The quantitative estimate of drug-likeness (QED) is 0.922. The van der Waals surface area contributed by atoms with Crippen LogP contribution < -0.4 is 5.32 Å². The van der Waals surface area contributed by atoms with Crippen LogP contribution in [0.4, 0.5) is 0 Å². The molecule has 3 rings (SSSR count). The minimum absolute atomic E-state index is 0.00384. The summed E-state index contributed by atoms with van der Waals surface area (Å²) in [6.07, 6.45) is 1.75. The van der Waals surface area contributed by atoms with Crippen molar-refractivity contribution in [2.45, 2.75) is 44.4 Å². The maximum atomic E-state index is 12.8. The molecule has 1 N–H and O–H groups in total. The molecule has 0 radical (unpaired) electrons. The van der Waals surface area contributed by atoms with E-state index in [4.69, 9.17) is 4.74 Å². The molecule has 0 aliphatic carbocycles.